The van der Waals surface area contributed by atoms with Gasteiger partial charge in [0.2, 0.25) is 0 Å². The van der Waals surface area contributed by atoms with Gasteiger partial charge >= 0.3 is 5.97 Å². The number of benzene rings is 2. The Bertz CT molecular complexity index is 1130. The predicted molar refractivity (Wildman–Crippen MR) is 132 cm³/mol. The zero-order valence-electron chi connectivity index (χ0n) is 14.3. The lowest BCUT2D eigenvalue weighted by molar-refractivity contribution is 0.0697. The summed E-state index contributed by atoms with van der Waals surface area (Å²) in [6.07, 6.45) is 0. The van der Waals surface area contributed by atoms with Crippen molar-refractivity contribution < 1.29 is 19.1 Å². The number of hydrogen-bond donors (Lipinski definition) is 3. The third kappa shape index (κ3) is 5.47. The molecule has 0 aliphatic heterocycles. The number of amides is 1. The maximum atomic E-state index is 12.4. The van der Waals surface area contributed by atoms with Crippen LogP contribution in [0.4, 0.5) is 5.69 Å². The Kier molecular flexibility index (Phi) is 7.14. The average molecular weight is 653 g/mol. The monoisotopic (exact) mass is 652 g/mol. The molecule has 1 aromatic heterocycles. The fraction of sp³-hybridized carbons (Fsp3) is 0. The summed E-state index contributed by atoms with van der Waals surface area (Å²) in [5.74, 6) is -1.12. The minimum atomic E-state index is -1.10. The number of aromatic carboxylic acids is 1. The fourth-order valence-corrected chi connectivity index (χ4v) is 4.80. The van der Waals surface area contributed by atoms with Crippen LogP contribution in [0, 0.1) is 7.14 Å². The number of carboxylic acid groups (broad SMARTS) is 1. The Hall–Kier alpha value is -1.70. The summed E-state index contributed by atoms with van der Waals surface area (Å²) < 4.78 is 7.01. The van der Waals surface area contributed by atoms with Crippen molar-refractivity contribution >= 4 is 91.7 Å². The lowest BCUT2D eigenvalue weighted by Crippen LogP contribution is -2.34. The zero-order valence-corrected chi connectivity index (χ0v) is 20.2. The standard InChI is InChI=1S/C19H11ClI2N2O4S/c20-10-3-1-2-9(6-10)14-4-5-15(28-14)17(25)24-19(29)23-16-12(18(26)27)7-11(21)8-13(16)22/h1-8H,(H,26,27)(H2,23,24,25,29). The zero-order chi connectivity index (χ0) is 21.1. The Morgan fingerprint density at radius 1 is 1.10 bits per heavy atom. The van der Waals surface area contributed by atoms with Gasteiger partial charge in [-0.05, 0) is 93.8 Å². The van der Waals surface area contributed by atoms with Crippen LogP contribution in [0.5, 0.6) is 0 Å². The number of rotatable bonds is 4. The number of carbonyl (C=O) groups excluding carboxylic acids is 1. The van der Waals surface area contributed by atoms with E-state index in [1.165, 1.54) is 12.1 Å². The van der Waals surface area contributed by atoms with Crippen LogP contribution in [-0.2, 0) is 0 Å². The molecule has 6 nitrogen and oxygen atoms in total. The molecule has 0 atom stereocenters. The Balaban J connectivity index is 1.74. The van der Waals surface area contributed by atoms with Gasteiger partial charge in [0.15, 0.2) is 10.9 Å². The highest BCUT2D eigenvalue weighted by atomic mass is 127. The van der Waals surface area contributed by atoms with E-state index in [4.69, 9.17) is 28.2 Å². The first-order valence-electron chi connectivity index (χ1n) is 7.95. The van der Waals surface area contributed by atoms with Crippen LogP contribution in [0.15, 0.2) is 52.9 Å². The normalized spacial score (nSPS) is 10.4. The van der Waals surface area contributed by atoms with Crippen LogP contribution in [0.2, 0.25) is 5.02 Å². The first kappa shape index (κ1) is 22.0. The van der Waals surface area contributed by atoms with Gasteiger partial charge in [0, 0.05) is 17.7 Å². The van der Waals surface area contributed by atoms with Crippen molar-refractivity contribution in [2.45, 2.75) is 0 Å². The van der Waals surface area contributed by atoms with Gasteiger partial charge in [0.1, 0.15) is 5.76 Å². The largest absolute Gasteiger partial charge is 0.478 e. The maximum Gasteiger partial charge on any atom is 0.337 e. The smallest absolute Gasteiger partial charge is 0.337 e. The highest BCUT2D eigenvalue weighted by Gasteiger charge is 2.18. The molecule has 10 heteroatoms. The number of furan rings is 1. The van der Waals surface area contributed by atoms with Crippen LogP contribution < -0.4 is 10.6 Å². The average Bonchev–Trinajstić information content (AvgIpc) is 3.14. The summed E-state index contributed by atoms with van der Waals surface area (Å²) in [5, 5.41) is 15.2. The van der Waals surface area contributed by atoms with E-state index in [1.807, 2.05) is 51.2 Å². The molecule has 0 unspecified atom stereocenters. The van der Waals surface area contributed by atoms with Crippen molar-refractivity contribution in [3.8, 4) is 11.3 Å². The van der Waals surface area contributed by atoms with Gasteiger partial charge in [-0.1, -0.05) is 23.7 Å². The minimum Gasteiger partial charge on any atom is -0.478 e. The second-order valence-corrected chi connectivity index (χ2v) is 8.95. The number of halogens is 3. The van der Waals surface area contributed by atoms with E-state index in [9.17, 15) is 14.7 Å². The molecule has 0 aliphatic carbocycles. The van der Waals surface area contributed by atoms with Gasteiger partial charge in [-0.2, -0.15) is 0 Å². The number of nitrogens with one attached hydrogen (secondary N) is 2. The molecular formula is C19H11ClI2N2O4S. The Labute approximate surface area is 203 Å². The molecule has 2 aromatic carbocycles. The van der Waals surface area contributed by atoms with Gasteiger partial charge in [-0.25, -0.2) is 4.79 Å². The molecule has 1 amide bonds. The molecule has 0 saturated heterocycles. The molecule has 0 aliphatic rings. The van der Waals surface area contributed by atoms with Crippen molar-refractivity contribution in [3.05, 3.63) is 72.0 Å². The van der Waals surface area contributed by atoms with Crippen molar-refractivity contribution in [1.82, 2.24) is 5.32 Å². The van der Waals surface area contributed by atoms with E-state index in [2.05, 4.69) is 10.6 Å². The summed E-state index contributed by atoms with van der Waals surface area (Å²) in [4.78, 5) is 23.9. The molecule has 0 saturated carbocycles. The second-order valence-electron chi connectivity index (χ2n) is 5.70. The Morgan fingerprint density at radius 3 is 2.55 bits per heavy atom. The van der Waals surface area contributed by atoms with Crippen LogP contribution >= 0.6 is 69.0 Å². The lowest BCUT2D eigenvalue weighted by Gasteiger charge is -2.13. The van der Waals surface area contributed by atoms with Crippen LogP contribution in [0.1, 0.15) is 20.9 Å². The number of thiocarbonyl (C=S) groups is 1. The topological polar surface area (TPSA) is 91.6 Å². The van der Waals surface area contributed by atoms with Crippen LogP contribution in [-0.4, -0.2) is 22.1 Å². The fourth-order valence-electron chi connectivity index (χ4n) is 2.44. The number of carbonyl (C=O) groups is 2. The van der Waals surface area contributed by atoms with E-state index in [1.54, 1.807) is 30.3 Å². The molecule has 29 heavy (non-hydrogen) atoms. The highest BCUT2D eigenvalue weighted by Crippen LogP contribution is 2.27. The van der Waals surface area contributed by atoms with Crippen LogP contribution in [0.25, 0.3) is 11.3 Å². The van der Waals surface area contributed by atoms with E-state index in [0.29, 0.717) is 20.0 Å². The summed E-state index contributed by atoms with van der Waals surface area (Å²) >= 11 is 15.2. The molecule has 0 spiro atoms. The number of anilines is 1. The van der Waals surface area contributed by atoms with Crippen molar-refractivity contribution in [3.63, 3.8) is 0 Å². The molecule has 0 bridgehead atoms. The van der Waals surface area contributed by atoms with Gasteiger partial charge in [0.25, 0.3) is 5.91 Å². The molecule has 148 valence electrons. The molecule has 3 aromatic rings. The summed E-state index contributed by atoms with van der Waals surface area (Å²) in [7, 11) is 0. The Morgan fingerprint density at radius 2 is 1.86 bits per heavy atom. The van der Waals surface area contributed by atoms with Gasteiger partial charge in [-0.15, -0.1) is 0 Å². The summed E-state index contributed by atoms with van der Waals surface area (Å²) in [6.45, 7) is 0. The number of hydrogen-bond acceptors (Lipinski definition) is 4. The molecule has 3 N–H and O–H groups in total. The molecule has 1 heterocycles. The van der Waals surface area contributed by atoms with Crippen molar-refractivity contribution in [1.29, 1.82) is 0 Å². The SMILES string of the molecule is O=C(NC(=S)Nc1c(I)cc(I)cc1C(=O)O)c1ccc(-c2cccc(Cl)c2)o1. The van der Waals surface area contributed by atoms with Gasteiger partial charge in [0.05, 0.1) is 11.3 Å². The van der Waals surface area contributed by atoms with E-state index < -0.39 is 11.9 Å². The van der Waals surface area contributed by atoms with Gasteiger partial charge in [-0.3, -0.25) is 10.1 Å². The lowest BCUT2D eigenvalue weighted by atomic mass is 10.2. The number of carboxylic acids is 1. The summed E-state index contributed by atoms with van der Waals surface area (Å²) in [5.41, 5.74) is 1.10. The van der Waals surface area contributed by atoms with E-state index in [-0.39, 0.29) is 16.4 Å². The maximum absolute atomic E-state index is 12.4. The van der Waals surface area contributed by atoms with Crippen molar-refractivity contribution in [2.75, 3.05) is 5.32 Å². The van der Waals surface area contributed by atoms with Crippen LogP contribution in [0.3, 0.4) is 0 Å². The van der Waals surface area contributed by atoms with Crippen molar-refractivity contribution in [2.24, 2.45) is 0 Å². The molecule has 0 fully saturated rings. The van der Waals surface area contributed by atoms with E-state index >= 15 is 0 Å². The third-order valence-electron chi connectivity index (χ3n) is 3.69. The molecule has 3 rings (SSSR count). The highest BCUT2D eigenvalue weighted by molar-refractivity contribution is 14.1. The predicted octanol–water partition coefficient (Wildman–Crippen LogP) is 5.63. The summed E-state index contributed by atoms with van der Waals surface area (Å²) in [6, 6.07) is 13.5. The first-order valence-corrected chi connectivity index (χ1v) is 10.9. The first-order chi connectivity index (χ1) is 13.7. The molecule has 0 radical (unpaired) electrons. The second kappa shape index (κ2) is 9.41. The minimum absolute atomic E-state index is 0.0441. The quantitative estimate of drug-likeness (QED) is 0.250. The van der Waals surface area contributed by atoms with E-state index in [0.717, 1.165) is 9.13 Å². The molecular weight excluding hydrogens is 642 g/mol. The van der Waals surface area contributed by atoms with Gasteiger partial charge < -0.3 is 14.8 Å². The third-order valence-corrected chi connectivity index (χ3v) is 5.60.